The second-order valence-electron chi connectivity index (χ2n) is 5.75. The normalized spacial score (nSPS) is 12.6. The van der Waals surface area contributed by atoms with Crippen molar-refractivity contribution in [2.75, 3.05) is 0 Å². The summed E-state index contributed by atoms with van der Waals surface area (Å²) in [4.78, 5) is 30.0. The number of aliphatic carboxylic acids is 1. The van der Waals surface area contributed by atoms with Crippen LogP contribution >= 0.6 is 0 Å². The fraction of sp³-hybridized carbons (Fsp3) is 0.167. The van der Waals surface area contributed by atoms with E-state index in [1.54, 1.807) is 16.8 Å². The molecule has 0 aliphatic carbocycles. The minimum Gasteiger partial charge on any atom is -0.481 e. The van der Waals surface area contributed by atoms with Crippen LogP contribution in [0.1, 0.15) is 19.3 Å². The van der Waals surface area contributed by atoms with E-state index in [0.717, 1.165) is 27.0 Å². The summed E-state index contributed by atoms with van der Waals surface area (Å²) in [5, 5.41) is 11.8. The van der Waals surface area contributed by atoms with Crippen LogP contribution in [-0.2, 0) is 4.79 Å². The minimum atomic E-state index is -0.790. The fourth-order valence-electron chi connectivity index (χ4n) is 3.23. The molecule has 6 heteroatoms. The van der Waals surface area contributed by atoms with Gasteiger partial charge in [0.1, 0.15) is 0 Å². The number of hydrogen-bond acceptors (Lipinski definition) is 3. The van der Waals surface area contributed by atoms with E-state index in [4.69, 9.17) is 5.11 Å². The molecule has 0 amide bonds. The number of imidazole rings is 1. The van der Waals surface area contributed by atoms with Crippen LogP contribution in [0.5, 0.6) is 0 Å². The van der Waals surface area contributed by atoms with Crippen molar-refractivity contribution in [1.82, 2.24) is 14.4 Å². The number of unbranched alkanes of at least 4 members (excludes halogenated alkanes) is 1. The largest absolute Gasteiger partial charge is 0.481 e. The highest BCUT2D eigenvalue weighted by Crippen LogP contribution is 2.22. The summed E-state index contributed by atoms with van der Waals surface area (Å²) in [6.07, 6.45) is 6.81. The molecule has 0 saturated carbocycles. The smallest absolute Gasteiger partial charge is 0.303 e. The Balaban J connectivity index is 2.05. The SMILES string of the molecule is O=C(O)CCC/C=c1\c2ccccc2c2[nH]c(=O)c3nccn3c12. The Morgan fingerprint density at radius 1 is 1.29 bits per heavy atom. The van der Waals surface area contributed by atoms with Gasteiger partial charge in [0.05, 0.1) is 11.0 Å². The first-order chi connectivity index (χ1) is 11.7. The highest BCUT2D eigenvalue weighted by atomic mass is 16.4. The molecular weight excluding hydrogens is 306 g/mol. The number of aromatic amines is 1. The number of carboxylic acid groups (broad SMARTS) is 1. The van der Waals surface area contributed by atoms with Gasteiger partial charge in [0.15, 0.2) is 0 Å². The lowest BCUT2D eigenvalue weighted by Gasteiger charge is -1.97. The first kappa shape index (κ1) is 14.4. The van der Waals surface area contributed by atoms with E-state index in [2.05, 4.69) is 9.97 Å². The van der Waals surface area contributed by atoms with Crippen molar-refractivity contribution in [2.45, 2.75) is 19.3 Å². The molecule has 4 aromatic rings. The molecule has 0 saturated heterocycles. The molecule has 4 rings (SSSR count). The monoisotopic (exact) mass is 321 g/mol. The number of aromatic nitrogens is 3. The van der Waals surface area contributed by atoms with Gasteiger partial charge in [-0.05, 0) is 18.2 Å². The summed E-state index contributed by atoms with van der Waals surface area (Å²) >= 11 is 0. The highest BCUT2D eigenvalue weighted by Gasteiger charge is 2.13. The predicted octanol–water partition coefficient (Wildman–Crippen LogP) is 2.08. The van der Waals surface area contributed by atoms with Crippen LogP contribution < -0.4 is 10.8 Å². The molecule has 24 heavy (non-hydrogen) atoms. The average molecular weight is 321 g/mol. The van der Waals surface area contributed by atoms with Gasteiger partial charge in [-0.3, -0.25) is 14.0 Å². The lowest BCUT2D eigenvalue weighted by atomic mass is 10.1. The van der Waals surface area contributed by atoms with Gasteiger partial charge >= 0.3 is 5.97 Å². The van der Waals surface area contributed by atoms with E-state index in [0.29, 0.717) is 18.5 Å². The molecule has 2 aromatic carbocycles. The van der Waals surface area contributed by atoms with Gasteiger partial charge in [-0.1, -0.05) is 30.3 Å². The third-order valence-electron chi connectivity index (χ3n) is 4.24. The molecule has 0 unspecified atom stereocenters. The predicted molar refractivity (Wildman–Crippen MR) is 92.0 cm³/mol. The third-order valence-corrected chi connectivity index (χ3v) is 4.24. The first-order valence-corrected chi connectivity index (χ1v) is 7.78. The van der Waals surface area contributed by atoms with Crippen molar-refractivity contribution in [3.63, 3.8) is 0 Å². The maximum atomic E-state index is 12.2. The van der Waals surface area contributed by atoms with Gasteiger partial charge in [0.25, 0.3) is 5.56 Å². The van der Waals surface area contributed by atoms with Crippen molar-refractivity contribution < 1.29 is 9.90 Å². The van der Waals surface area contributed by atoms with Gasteiger partial charge < -0.3 is 10.1 Å². The number of H-pyrrole nitrogens is 1. The zero-order chi connectivity index (χ0) is 16.7. The standard InChI is InChI=1S/C18H15N3O3/c22-14(23)8-4-3-7-13-11-5-1-2-6-12(11)15-16(13)21-10-9-19-17(21)18(24)20-15/h1-2,5-7,9-10H,3-4,8H2,(H,20,24)(H,22,23)/b13-7+. The van der Waals surface area contributed by atoms with Crippen molar-refractivity contribution in [1.29, 1.82) is 0 Å². The second-order valence-corrected chi connectivity index (χ2v) is 5.75. The topological polar surface area (TPSA) is 87.5 Å². The van der Waals surface area contributed by atoms with E-state index in [-0.39, 0.29) is 12.0 Å². The van der Waals surface area contributed by atoms with Gasteiger partial charge in [-0.25, -0.2) is 4.98 Å². The summed E-state index contributed by atoms with van der Waals surface area (Å²) in [6.45, 7) is 0. The van der Waals surface area contributed by atoms with Crippen LogP contribution in [0.2, 0.25) is 0 Å². The van der Waals surface area contributed by atoms with Gasteiger partial charge in [-0.15, -0.1) is 0 Å². The lowest BCUT2D eigenvalue weighted by molar-refractivity contribution is -0.137. The Morgan fingerprint density at radius 3 is 2.88 bits per heavy atom. The van der Waals surface area contributed by atoms with Crippen LogP contribution in [-0.4, -0.2) is 25.4 Å². The molecule has 0 bridgehead atoms. The van der Waals surface area contributed by atoms with Crippen LogP contribution in [0, 0.1) is 0 Å². The number of carboxylic acids is 1. The number of carbonyl (C=O) groups is 1. The van der Waals surface area contributed by atoms with Crippen LogP contribution in [0.3, 0.4) is 0 Å². The number of nitrogens with one attached hydrogen (secondary N) is 1. The molecule has 0 spiro atoms. The lowest BCUT2D eigenvalue weighted by Crippen LogP contribution is -2.13. The number of benzene rings is 1. The van der Waals surface area contributed by atoms with E-state index in [1.165, 1.54) is 0 Å². The molecule has 120 valence electrons. The molecule has 0 aliphatic rings. The Kier molecular flexibility index (Phi) is 3.30. The summed E-state index contributed by atoms with van der Waals surface area (Å²) in [7, 11) is 0. The van der Waals surface area contributed by atoms with E-state index in [9.17, 15) is 9.59 Å². The van der Waals surface area contributed by atoms with Crippen LogP contribution in [0.15, 0.2) is 41.5 Å². The van der Waals surface area contributed by atoms with Crippen LogP contribution in [0.25, 0.3) is 33.5 Å². The summed E-state index contributed by atoms with van der Waals surface area (Å²) < 4.78 is 1.80. The molecule has 6 nitrogen and oxygen atoms in total. The number of nitrogens with zero attached hydrogens (tertiary/aromatic N) is 2. The second kappa shape index (κ2) is 5.49. The zero-order valence-electron chi connectivity index (χ0n) is 12.8. The van der Waals surface area contributed by atoms with E-state index < -0.39 is 5.97 Å². The Labute approximate surface area is 136 Å². The minimum absolute atomic E-state index is 0.143. The Hall–Kier alpha value is -3.15. The summed E-state index contributed by atoms with van der Waals surface area (Å²) in [6, 6.07) is 7.88. The fourth-order valence-corrected chi connectivity index (χ4v) is 3.23. The molecule has 0 aliphatic heterocycles. The number of rotatable bonds is 4. The van der Waals surface area contributed by atoms with E-state index >= 15 is 0 Å². The maximum absolute atomic E-state index is 12.2. The Morgan fingerprint density at radius 2 is 2.08 bits per heavy atom. The third kappa shape index (κ3) is 2.15. The van der Waals surface area contributed by atoms with Crippen molar-refractivity contribution >= 4 is 39.5 Å². The van der Waals surface area contributed by atoms with E-state index in [1.807, 2.05) is 30.3 Å². The van der Waals surface area contributed by atoms with Crippen molar-refractivity contribution in [2.24, 2.45) is 0 Å². The maximum Gasteiger partial charge on any atom is 0.303 e. The molecule has 2 aromatic heterocycles. The molecule has 0 fully saturated rings. The Bertz CT molecular complexity index is 1190. The number of hydrogen-bond donors (Lipinski definition) is 2. The van der Waals surface area contributed by atoms with Gasteiger partial charge in [0.2, 0.25) is 5.65 Å². The summed E-state index contributed by atoms with van der Waals surface area (Å²) in [5.41, 5.74) is 1.82. The number of fused-ring (bicyclic) bond motifs is 5. The zero-order valence-corrected chi connectivity index (χ0v) is 12.8. The van der Waals surface area contributed by atoms with Gasteiger partial charge in [0, 0.05) is 29.4 Å². The van der Waals surface area contributed by atoms with Gasteiger partial charge in [-0.2, -0.15) is 0 Å². The van der Waals surface area contributed by atoms with Crippen LogP contribution in [0.4, 0.5) is 0 Å². The summed E-state index contributed by atoms with van der Waals surface area (Å²) in [5.74, 6) is -0.790. The molecular formula is C18H15N3O3. The van der Waals surface area contributed by atoms with Crippen molar-refractivity contribution in [3.8, 4) is 0 Å². The first-order valence-electron chi connectivity index (χ1n) is 7.78. The molecule has 0 atom stereocenters. The molecule has 2 N–H and O–H groups in total. The molecule has 0 radical (unpaired) electrons. The van der Waals surface area contributed by atoms with Crippen molar-refractivity contribution in [3.05, 3.63) is 52.2 Å². The highest BCUT2D eigenvalue weighted by molar-refractivity contribution is 6.09. The average Bonchev–Trinajstić information content (AvgIpc) is 3.15. The molecule has 2 heterocycles. The quantitative estimate of drug-likeness (QED) is 0.563.